The maximum Gasteiger partial charge on any atom is 0.262 e. The van der Waals surface area contributed by atoms with Gasteiger partial charge in [-0.2, -0.15) is 4.31 Å². The molecule has 152 valence electrons. The molecule has 1 aromatic rings. The zero-order chi connectivity index (χ0) is 20.3. The van der Waals surface area contributed by atoms with Crippen LogP contribution in [0.15, 0.2) is 23.1 Å². The SMILES string of the molecule is C[C@]1(C(=O)N2CCN(S(=O)(=O)c3ccc4c(c3)NC(=O)CO4)CC2)CC1(Cl)Cl. The Labute approximate surface area is 172 Å². The quantitative estimate of drug-likeness (QED) is 0.706. The second-order valence-electron chi connectivity index (χ2n) is 7.40. The van der Waals surface area contributed by atoms with Crippen molar-refractivity contribution in [3.05, 3.63) is 18.2 Å². The number of hydrogen-bond acceptors (Lipinski definition) is 5. The van der Waals surface area contributed by atoms with Crippen LogP contribution in [0.3, 0.4) is 0 Å². The van der Waals surface area contributed by atoms with E-state index in [0.29, 0.717) is 17.9 Å². The third-order valence-electron chi connectivity index (χ3n) is 5.48. The van der Waals surface area contributed by atoms with Gasteiger partial charge in [0.15, 0.2) is 6.61 Å². The number of carbonyl (C=O) groups excluding carboxylic acids is 2. The number of halogens is 2. The molecular formula is C17H19Cl2N3O5S. The first-order chi connectivity index (χ1) is 13.0. The average molecular weight is 448 g/mol. The number of piperazine rings is 1. The lowest BCUT2D eigenvalue weighted by Gasteiger charge is -2.35. The first-order valence-corrected chi connectivity index (χ1v) is 11.0. The van der Waals surface area contributed by atoms with Gasteiger partial charge in [0.25, 0.3) is 5.91 Å². The molecule has 2 amide bonds. The maximum absolute atomic E-state index is 13.0. The van der Waals surface area contributed by atoms with E-state index in [-0.39, 0.29) is 49.5 Å². The average Bonchev–Trinajstić information content (AvgIpc) is 3.19. The first-order valence-electron chi connectivity index (χ1n) is 8.79. The van der Waals surface area contributed by atoms with Gasteiger partial charge in [0.1, 0.15) is 10.1 Å². The second-order valence-corrected chi connectivity index (χ2v) is 10.8. The third-order valence-corrected chi connectivity index (χ3v) is 8.47. The number of benzene rings is 1. The van der Waals surface area contributed by atoms with E-state index in [0.717, 1.165) is 0 Å². The largest absolute Gasteiger partial charge is 0.482 e. The number of hydrogen-bond donors (Lipinski definition) is 1. The molecule has 4 rings (SSSR count). The van der Waals surface area contributed by atoms with Crippen molar-refractivity contribution < 1.29 is 22.7 Å². The number of ether oxygens (including phenoxy) is 1. The smallest absolute Gasteiger partial charge is 0.262 e. The number of anilines is 1. The molecule has 2 aliphatic heterocycles. The molecule has 0 radical (unpaired) electrons. The number of carbonyl (C=O) groups is 2. The lowest BCUT2D eigenvalue weighted by molar-refractivity contribution is -0.137. The highest BCUT2D eigenvalue weighted by atomic mass is 35.5. The molecule has 28 heavy (non-hydrogen) atoms. The Morgan fingerprint density at radius 3 is 2.46 bits per heavy atom. The van der Waals surface area contributed by atoms with Gasteiger partial charge in [-0.25, -0.2) is 8.42 Å². The van der Waals surface area contributed by atoms with E-state index in [1.54, 1.807) is 11.8 Å². The summed E-state index contributed by atoms with van der Waals surface area (Å²) in [4.78, 5) is 25.8. The zero-order valence-corrected chi connectivity index (χ0v) is 17.4. The van der Waals surface area contributed by atoms with Crippen LogP contribution in [0.4, 0.5) is 5.69 Å². The molecule has 1 saturated carbocycles. The summed E-state index contributed by atoms with van der Waals surface area (Å²) in [6.45, 7) is 2.50. The highest BCUT2D eigenvalue weighted by Crippen LogP contribution is 2.64. The maximum atomic E-state index is 13.0. The van der Waals surface area contributed by atoms with Crippen LogP contribution in [0.25, 0.3) is 0 Å². The van der Waals surface area contributed by atoms with Crippen LogP contribution >= 0.6 is 23.2 Å². The fourth-order valence-electron chi connectivity index (χ4n) is 3.48. The Balaban J connectivity index is 1.46. The van der Waals surface area contributed by atoms with Gasteiger partial charge in [-0.1, -0.05) is 0 Å². The van der Waals surface area contributed by atoms with Gasteiger partial charge < -0.3 is 15.0 Å². The molecule has 1 N–H and O–H groups in total. The van der Waals surface area contributed by atoms with Crippen molar-refractivity contribution in [1.82, 2.24) is 9.21 Å². The molecule has 0 unspecified atom stereocenters. The fourth-order valence-corrected chi connectivity index (χ4v) is 5.63. The summed E-state index contributed by atoms with van der Waals surface area (Å²) in [5.41, 5.74) is -0.484. The Bertz CT molecular complexity index is 960. The van der Waals surface area contributed by atoms with Crippen LogP contribution in [0.1, 0.15) is 13.3 Å². The Kier molecular flexibility index (Phi) is 4.57. The fraction of sp³-hybridized carbons (Fsp3) is 0.529. The number of rotatable bonds is 3. The Morgan fingerprint density at radius 2 is 1.86 bits per heavy atom. The number of sulfonamides is 1. The van der Waals surface area contributed by atoms with Gasteiger partial charge in [-0.15, -0.1) is 23.2 Å². The van der Waals surface area contributed by atoms with Crippen LogP contribution in [-0.4, -0.2) is 66.6 Å². The molecule has 3 aliphatic rings. The monoisotopic (exact) mass is 447 g/mol. The van der Waals surface area contributed by atoms with E-state index in [1.165, 1.54) is 22.5 Å². The summed E-state index contributed by atoms with van der Waals surface area (Å²) in [7, 11) is -3.77. The van der Waals surface area contributed by atoms with Crippen molar-refractivity contribution in [2.75, 3.05) is 38.1 Å². The molecule has 2 heterocycles. The van der Waals surface area contributed by atoms with Crippen LogP contribution in [0.2, 0.25) is 0 Å². The van der Waals surface area contributed by atoms with Crippen molar-refractivity contribution in [1.29, 1.82) is 0 Å². The van der Waals surface area contributed by atoms with E-state index >= 15 is 0 Å². The molecule has 0 aromatic heterocycles. The highest BCUT2D eigenvalue weighted by molar-refractivity contribution is 7.89. The molecule has 2 fully saturated rings. The van der Waals surface area contributed by atoms with Crippen LogP contribution in [0.5, 0.6) is 5.75 Å². The number of nitrogens with one attached hydrogen (secondary N) is 1. The Morgan fingerprint density at radius 1 is 1.21 bits per heavy atom. The molecule has 1 saturated heterocycles. The van der Waals surface area contributed by atoms with Gasteiger partial charge in [0, 0.05) is 26.2 Å². The van der Waals surface area contributed by atoms with Gasteiger partial charge in [-0.05, 0) is 31.5 Å². The van der Waals surface area contributed by atoms with E-state index < -0.39 is 19.8 Å². The van der Waals surface area contributed by atoms with Crippen LogP contribution in [0, 0.1) is 5.41 Å². The molecule has 8 nitrogen and oxygen atoms in total. The number of nitrogens with zero attached hydrogens (tertiary/aromatic N) is 2. The van der Waals surface area contributed by atoms with Crippen molar-refractivity contribution in [2.45, 2.75) is 22.6 Å². The lowest BCUT2D eigenvalue weighted by atomic mass is 10.1. The minimum Gasteiger partial charge on any atom is -0.482 e. The highest BCUT2D eigenvalue weighted by Gasteiger charge is 2.68. The van der Waals surface area contributed by atoms with E-state index in [2.05, 4.69) is 5.32 Å². The number of amides is 2. The summed E-state index contributed by atoms with van der Waals surface area (Å²) in [6, 6.07) is 4.36. The van der Waals surface area contributed by atoms with Gasteiger partial charge >= 0.3 is 0 Å². The summed E-state index contributed by atoms with van der Waals surface area (Å²) in [5, 5.41) is 2.60. The molecule has 0 spiro atoms. The predicted octanol–water partition coefficient (Wildman–Crippen LogP) is 1.43. The van der Waals surface area contributed by atoms with E-state index in [9.17, 15) is 18.0 Å². The summed E-state index contributed by atoms with van der Waals surface area (Å²) in [5.74, 6) is -0.0575. The van der Waals surface area contributed by atoms with Crippen molar-refractivity contribution in [2.24, 2.45) is 5.41 Å². The first kappa shape index (κ1) is 19.8. The number of fused-ring (bicyclic) bond motifs is 1. The summed E-state index contributed by atoms with van der Waals surface area (Å²) >= 11 is 12.2. The van der Waals surface area contributed by atoms with Crippen molar-refractivity contribution in [3.8, 4) is 5.75 Å². The molecule has 11 heteroatoms. The Hall–Kier alpha value is -1.55. The topological polar surface area (TPSA) is 96.0 Å². The molecular weight excluding hydrogens is 429 g/mol. The molecule has 0 bridgehead atoms. The summed E-state index contributed by atoms with van der Waals surface area (Å²) in [6.07, 6.45) is 0.392. The van der Waals surface area contributed by atoms with Gasteiger partial charge in [0.2, 0.25) is 15.9 Å². The van der Waals surface area contributed by atoms with Crippen molar-refractivity contribution >= 4 is 50.7 Å². The third kappa shape index (κ3) is 3.14. The molecule has 1 aromatic carbocycles. The minimum atomic E-state index is -3.77. The standard InChI is InChI=1S/C17H19Cl2N3O5S/c1-16(10-17(16,18)19)15(24)21-4-6-22(7-5-21)28(25,26)11-2-3-13-12(8-11)20-14(23)9-27-13/h2-3,8H,4-7,9-10H2,1H3,(H,20,23)/t16-/m1/s1. The summed E-state index contributed by atoms with van der Waals surface area (Å²) < 4.78 is 31.5. The van der Waals surface area contributed by atoms with Gasteiger partial charge in [-0.3, -0.25) is 9.59 Å². The predicted molar refractivity (Wildman–Crippen MR) is 103 cm³/mol. The second kappa shape index (κ2) is 6.48. The minimum absolute atomic E-state index is 0.0616. The van der Waals surface area contributed by atoms with Crippen LogP contribution < -0.4 is 10.1 Å². The van der Waals surface area contributed by atoms with Gasteiger partial charge in [0.05, 0.1) is 16.0 Å². The van der Waals surface area contributed by atoms with Crippen molar-refractivity contribution in [3.63, 3.8) is 0 Å². The number of alkyl halides is 2. The molecule has 1 aliphatic carbocycles. The van der Waals surface area contributed by atoms with E-state index in [4.69, 9.17) is 27.9 Å². The van der Waals surface area contributed by atoms with E-state index in [1.807, 2.05) is 0 Å². The van der Waals surface area contributed by atoms with Crippen LogP contribution in [-0.2, 0) is 19.6 Å². The zero-order valence-electron chi connectivity index (χ0n) is 15.1. The normalized spacial score (nSPS) is 26.8. The molecule has 1 atom stereocenters. The lowest BCUT2D eigenvalue weighted by Crippen LogP contribution is -2.52.